The maximum atomic E-state index is 12.7. The van der Waals surface area contributed by atoms with E-state index in [1.807, 2.05) is 64.1 Å². The van der Waals surface area contributed by atoms with Crippen LogP contribution in [0.2, 0.25) is 0 Å². The molecule has 0 aliphatic carbocycles. The van der Waals surface area contributed by atoms with Crippen LogP contribution >= 0.6 is 11.3 Å². The molecule has 1 N–H and O–H groups in total. The standard InChI is InChI=1S/C21H24N2O3S/c1-5-18(26-16-9-7-13(3)14(4)11-16)20(24)22-15-8-10-17-19(12-15)27-21(25)23(17)6-2/h7-12,18H,5-6H2,1-4H3,(H,22,24)/t18-/m1/s1. The highest BCUT2D eigenvalue weighted by atomic mass is 32.1. The average Bonchev–Trinajstić information content (AvgIpc) is 2.96. The molecule has 0 aliphatic rings. The van der Waals surface area contributed by atoms with Crippen LogP contribution in [-0.2, 0) is 11.3 Å². The van der Waals surface area contributed by atoms with Crippen molar-refractivity contribution in [3.8, 4) is 5.75 Å². The van der Waals surface area contributed by atoms with Gasteiger partial charge in [-0.2, -0.15) is 0 Å². The van der Waals surface area contributed by atoms with E-state index in [0.29, 0.717) is 24.4 Å². The van der Waals surface area contributed by atoms with Crippen LogP contribution in [0.4, 0.5) is 5.69 Å². The molecule has 0 saturated heterocycles. The van der Waals surface area contributed by atoms with Crippen LogP contribution < -0.4 is 14.9 Å². The Hall–Kier alpha value is -2.60. The number of aromatic nitrogens is 1. The lowest BCUT2D eigenvalue weighted by Crippen LogP contribution is -2.32. The third-order valence-corrected chi connectivity index (χ3v) is 5.61. The zero-order valence-corrected chi connectivity index (χ0v) is 16.9. The van der Waals surface area contributed by atoms with E-state index in [1.54, 1.807) is 4.57 Å². The predicted octanol–water partition coefficient (Wildman–Crippen LogP) is 4.50. The van der Waals surface area contributed by atoms with Crippen molar-refractivity contribution in [3.63, 3.8) is 0 Å². The highest BCUT2D eigenvalue weighted by molar-refractivity contribution is 7.16. The van der Waals surface area contributed by atoms with Gasteiger partial charge in [0.2, 0.25) is 0 Å². The number of aryl methyl sites for hydroxylation is 3. The molecule has 0 spiro atoms. The van der Waals surface area contributed by atoms with E-state index in [4.69, 9.17) is 4.74 Å². The third kappa shape index (κ3) is 4.06. The molecule has 0 fully saturated rings. The molecule has 6 heteroatoms. The van der Waals surface area contributed by atoms with E-state index < -0.39 is 6.10 Å². The second-order valence-corrected chi connectivity index (χ2v) is 7.54. The van der Waals surface area contributed by atoms with Gasteiger partial charge in [-0.05, 0) is 68.7 Å². The fraction of sp³-hybridized carbons (Fsp3) is 0.333. The number of nitrogens with one attached hydrogen (secondary N) is 1. The van der Waals surface area contributed by atoms with Gasteiger partial charge in [0.25, 0.3) is 5.91 Å². The van der Waals surface area contributed by atoms with Crippen molar-refractivity contribution in [1.82, 2.24) is 4.57 Å². The molecule has 1 heterocycles. The minimum absolute atomic E-state index is 0.0143. The summed E-state index contributed by atoms with van der Waals surface area (Å²) in [5.74, 6) is 0.492. The van der Waals surface area contributed by atoms with Crippen LogP contribution in [0.15, 0.2) is 41.2 Å². The molecule has 1 atom stereocenters. The fourth-order valence-corrected chi connectivity index (χ4v) is 3.93. The zero-order chi connectivity index (χ0) is 19.6. The molecular formula is C21H24N2O3S. The molecular weight excluding hydrogens is 360 g/mol. The summed E-state index contributed by atoms with van der Waals surface area (Å²) in [4.78, 5) is 24.7. The van der Waals surface area contributed by atoms with Crippen LogP contribution in [0.3, 0.4) is 0 Å². The minimum Gasteiger partial charge on any atom is -0.481 e. The van der Waals surface area contributed by atoms with Crippen LogP contribution in [0.25, 0.3) is 10.2 Å². The lowest BCUT2D eigenvalue weighted by atomic mass is 10.1. The maximum Gasteiger partial charge on any atom is 0.308 e. The molecule has 0 bridgehead atoms. The normalized spacial score (nSPS) is 12.1. The Labute approximate surface area is 162 Å². The van der Waals surface area contributed by atoms with Crippen molar-refractivity contribution >= 4 is 33.1 Å². The van der Waals surface area contributed by atoms with Crippen molar-refractivity contribution in [2.24, 2.45) is 0 Å². The number of ether oxygens (including phenoxy) is 1. The summed E-state index contributed by atoms with van der Waals surface area (Å²) in [6.07, 6.45) is -0.0256. The van der Waals surface area contributed by atoms with Crippen molar-refractivity contribution < 1.29 is 9.53 Å². The summed E-state index contributed by atoms with van der Waals surface area (Å²) in [6.45, 7) is 8.55. The largest absolute Gasteiger partial charge is 0.481 e. The second kappa shape index (κ2) is 7.96. The highest BCUT2D eigenvalue weighted by Gasteiger charge is 2.19. The van der Waals surface area contributed by atoms with Gasteiger partial charge in [-0.1, -0.05) is 24.3 Å². The van der Waals surface area contributed by atoms with Crippen LogP contribution in [0.1, 0.15) is 31.4 Å². The summed E-state index contributed by atoms with van der Waals surface area (Å²) < 4.78 is 8.49. The van der Waals surface area contributed by atoms with Gasteiger partial charge >= 0.3 is 4.87 Å². The first kappa shape index (κ1) is 19.2. The first-order valence-corrected chi connectivity index (χ1v) is 9.92. The molecule has 142 valence electrons. The number of thiazole rings is 1. The number of hydrogen-bond acceptors (Lipinski definition) is 4. The van der Waals surface area contributed by atoms with Gasteiger partial charge in [-0.15, -0.1) is 0 Å². The number of nitrogens with zero attached hydrogens (tertiary/aromatic N) is 1. The van der Waals surface area contributed by atoms with Crippen molar-refractivity contribution in [2.45, 2.75) is 46.8 Å². The van der Waals surface area contributed by atoms with Gasteiger partial charge < -0.3 is 10.1 Å². The van der Waals surface area contributed by atoms with E-state index in [-0.39, 0.29) is 10.8 Å². The first-order chi connectivity index (χ1) is 12.9. The van der Waals surface area contributed by atoms with Crippen LogP contribution in [0, 0.1) is 13.8 Å². The van der Waals surface area contributed by atoms with Gasteiger partial charge in [0.15, 0.2) is 6.10 Å². The molecule has 1 amide bonds. The number of carbonyl (C=O) groups excluding carboxylic acids is 1. The Balaban J connectivity index is 1.77. The fourth-order valence-electron chi connectivity index (χ4n) is 2.94. The van der Waals surface area contributed by atoms with Gasteiger partial charge in [-0.3, -0.25) is 14.2 Å². The SMILES string of the molecule is CC[C@@H](Oc1ccc(C)c(C)c1)C(=O)Nc1ccc2c(c1)sc(=O)n2CC. The Morgan fingerprint density at radius 3 is 2.59 bits per heavy atom. The van der Waals surface area contributed by atoms with E-state index >= 15 is 0 Å². The monoisotopic (exact) mass is 384 g/mol. The molecule has 0 radical (unpaired) electrons. The molecule has 1 aromatic heterocycles. The molecule has 3 aromatic rings. The zero-order valence-electron chi connectivity index (χ0n) is 16.0. The number of amides is 1. The van der Waals surface area contributed by atoms with Gasteiger partial charge in [0.05, 0.1) is 10.2 Å². The molecule has 0 aliphatic heterocycles. The number of hydrogen-bond donors (Lipinski definition) is 1. The van der Waals surface area contributed by atoms with Crippen LogP contribution in [-0.4, -0.2) is 16.6 Å². The lowest BCUT2D eigenvalue weighted by Gasteiger charge is -2.18. The summed E-state index contributed by atoms with van der Waals surface area (Å²) >= 11 is 1.19. The Morgan fingerprint density at radius 1 is 1.15 bits per heavy atom. The third-order valence-electron chi connectivity index (χ3n) is 4.67. The van der Waals surface area contributed by atoms with E-state index in [0.717, 1.165) is 15.8 Å². The molecule has 27 heavy (non-hydrogen) atoms. The highest BCUT2D eigenvalue weighted by Crippen LogP contribution is 2.23. The first-order valence-electron chi connectivity index (χ1n) is 9.11. The molecule has 3 rings (SSSR count). The summed E-state index contributed by atoms with van der Waals surface area (Å²) in [6, 6.07) is 11.4. The number of carbonyl (C=O) groups is 1. The number of rotatable bonds is 6. The van der Waals surface area contributed by atoms with Gasteiger partial charge in [0, 0.05) is 12.2 Å². The van der Waals surface area contributed by atoms with Crippen molar-refractivity contribution in [2.75, 3.05) is 5.32 Å². The smallest absolute Gasteiger partial charge is 0.308 e. The number of benzene rings is 2. The minimum atomic E-state index is -0.582. The molecule has 2 aromatic carbocycles. The Kier molecular flexibility index (Phi) is 5.65. The van der Waals surface area contributed by atoms with E-state index in [1.165, 1.54) is 16.9 Å². The average molecular weight is 385 g/mol. The number of anilines is 1. The summed E-state index contributed by atoms with van der Waals surface area (Å²) in [7, 11) is 0. The second-order valence-electron chi connectivity index (χ2n) is 6.54. The number of fused-ring (bicyclic) bond motifs is 1. The van der Waals surface area contributed by atoms with Crippen molar-refractivity contribution in [3.05, 3.63) is 57.2 Å². The molecule has 5 nitrogen and oxygen atoms in total. The van der Waals surface area contributed by atoms with Gasteiger partial charge in [0.1, 0.15) is 5.75 Å². The van der Waals surface area contributed by atoms with Crippen LogP contribution in [0.5, 0.6) is 5.75 Å². The van der Waals surface area contributed by atoms with Gasteiger partial charge in [-0.25, -0.2) is 0 Å². The summed E-state index contributed by atoms with van der Waals surface area (Å²) in [5.41, 5.74) is 3.87. The Morgan fingerprint density at radius 2 is 1.93 bits per heavy atom. The molecule has 0 saturated carbocycles. The maximum absolute atomic E-state index is 12.7. The quantitative estimate of drug-likeness (QED) is 0.681. The van der Waals surface area contributed by atoms with Crippen molar-refractivity contribution in [1.29, 1.82) is 0 Å². The Bertz CT molecular complexity index is 1040. The molecule has 0 unspecified atom stereocenters. The van der Waals surface area contributed by atoms with E-state index in [9.17, 15) is 9.59 Å². The predicted molar refractivity (Wildman–Crippen MR) is 111 cm³/mol. The van der Waals surface area contributed by atoms with E-state index in [2.05, 4.69) is 5.32 Å². The topological polar surface area (TPSA) is 60.3 Å². The lowest BCUT2D eigenvalue weighted by molar-refractivity contribution is -0.122. The summed E-state index contributed by atoms with van der Waals surface area (Å²) in [5, 5.41) is 2.91.